The summed E-state index contributed by atoms with van der Waals surface area (Å²) >= 11 is 5.15. The van der Waals surface area contributed by atoms with Crippen molar-refractivity contribution >= 4 is 18.4 Å². The molecule has 0 aliphatic carbocycles. The van der Waals surface area contributed by atoms with Crippen LogP contribution >= 0.6 is 12.2 Å². The lowest BCUT2D eigenvalue weighted by molar-refractivity contribution is 0.371. The van der Waals surface area contributed by atoms with E-state index in [-0.39, 0.29) is 22.3 Å². The van der Waals surface area contributed by atoms with Crippen LogP contribution in [-0.4, -0.2) is 35.1 Å². The zero-order valence-electron chi connectivity index (χ0n) is 15.3. The number of benzene rings is 1. The number of nitrogens with zero attached hydrogens (tertiary/aromatic N) is 2. The van der Waals surface area contributed by atoms with Gasteiger partial charge in [0.2, 0.25) is 5.88 Å². The van der Waals surface area contributed by atoms with Gasteiger partial charge in [0, 0.05) is 18.3 Å². The molecule has 0 saturated carbocycles. The number of aromatic nitrogens is 2. The second kappa shape index (κ2) is 8.66. The third-order valence-electron chi connectivity index (χ3n) is 4.09. The first kappa shape index (κ1) is 19.7. The van der Waals surface area contributed by atoms with Gasteiger partial charge in [-0.25, -0.2) is 0 Å². The van der Waals surface area contributed by atoms with Crippen molar-refractivity contribution in [3.05, 3.63) is 44.5 Å². The molecule has 2 rings (SSSR count). The first-order valence-corrected chi connectivity index (χ1v) is 8.61. The van der Waals surface area contributed by atoms with Gasteiger partial charge >= 0.3 is 0 Å². The summed E-state index contributed by atoms with van der Waals surface area (Å²) in [6.07, 6.45) is 2.11. The van der Waals surface area contributed by atoms with Gasteiger partial charge in [0.25, 0.3) is 5.56 Å². The lowest BCUT2D eigenvalue weighted by Crippen LogP contribution is -2.20. The molecule has 1 atom stereocenters. The minimum atomic E-state index is -0.473. The van der Waals surface area contributed by atoms with Crippen molar-refractivity contribution in [3.8, 4) is 17.4 Å². The fraction of sp³-hybridized carbons (Fsp3) is 0.389. The maximum absolute atomic E-state index is 12.1. The molecule has 1 heterocycles. The summed E-state index contributed by atoms with van der Waals surface area (Å²) in [5.41, 5.74) is 0.454. The highest BCUT2D eigenvalue weighted by atomic mass is 32.1. The van der Waals surface area contributed by atoms with Crippen LogP contribution in [-0.2, 0) is 6.54 Å². The molecule has 2 aromatic rings. The van der Waals surface area contributed by atoms with E-state index in [0.29, 0.717) is 18.0 Å². The quantitative estimate of drug-likeness (QED) is 0.571. The van der Waals surface area contributed by atoms with Gasteiger partial charge in [-0.2, -0.15) is 0 Å². The highest BCUT2D eigenvalue weighted by Gasteiger charge is 2.14. The minimum Gasteiger partial charge on any atom is -0.497 e. The van der Waals surface area contributed by atoms with Gasteiger partial charge < -0.3 is 14.6 Å². The van der Waals surface area contributed by atoms with Crippen molar-refractivity contribution < 1.29 is 14.6 Å². The molecular weight excluding hydrogens is 354 g/mol. The predicted octanol–water partition coefficient (Wildman–Crippen LogP) is 3.22. The summed E-state index contributed by atoms with van der Waals surface area (Å²) in [6, 6.07) is 5.38. The fourth-order valence-electron chi connectivity index (χ4n) is 2.46. The maximum atomic E-state index is 12.1. The van der Waals surface area contributed by atoms with Gasteiger partial charge in [0.05, 0.1) is 20.8 Å². The van der Waals surface area contributed by atoms with Crippen LogP contribution in [0.4, 0.5) is 0 Å². The van der Waals surface area contributed by atoms with Crippen LogP contribution in [0.15, 0.2) is 28.0 Å². The van der Waals surface area contributed by atoms with E-state index >= 15 is 0 Å². The van der Waals surface area contributed by atoms with E-state index in [1.807, 2.05) is 26.0 Å². The van der Waals surface area contributed by atoms with E-state index in [1.54, 1.807) is 20.3 Å². The minimum absolute atomic E-state index is 0.0471. The Bertz CT molecular complexity index is 895. The molecule has 0 spiro atoms. The topological polar surface area (TPSA) is 88.8 Å². The molecule has 1 aromatic carbocycles. The molecule has 0 aliphatic heterocycles. The number of aromatic amines is 1. The highest BCUT2D eigenvalue weighted by molar-refractivity contribution is 7.71. The van der Waals surface area contributed by atoms with Crippen LogP contribution in [0.25, 0.3) is 0 Å². The summed E-state index contributed by atoms with van der Waals surface area (Å²) < 4.78 is 12.2. The number of aromatic hydroxyl groups is 1. The molecule has 140 valence electrons. The van der Waals surface area contributed by atoms with E-state index in [2.05, 4.69) is 9.98 Å². The number of methoxy groups -OCH3 is 2. The molecule has 0 saturated heterocycles. The zero-order valence-corrected chi connectivity index (χ0v) is 16.1. The number of hydrogen-bond donors (Lipinski definition) is 2. The van der Waals surface area contributed by atoms with Crippen molar-refractivity contribution in [2.45, 2.75) is 32.9 Å². The SMILES string of the molecule is CCC(C)n1c(O)c(C=NCc2cc(OC)cc(OC)c2)c(=O)[nH]c1=S. The van der Waals surface area contributed by atoms with Gasteiger partial charge in [-0.3, -0.25) is 19.3 Å². The second-order valence-corrected chi connectivity index (χ2v) is 6.20. The zero-order chi connectivity index (χ0) is 19.3. The Hall–Kier alpha value is -2.61. The van der Waals surface area contributed by atoms with Crippen LogP contribution in [0.2, 0.25) is 0 Å². The van der Waals surface area contributed by atoms with E-state index in [1.165, 1.54) is 10.8 Å². The van der Waals surface area contributed by atoms with Crippen molar-refractivity contribution in [1.29, 1.82) is 0 Å². The van der Waals surface area contributed by atoms with Crippen LogP contribution in [0, 0.1) is 4.77 Å². The van der Waals surface area contributed by atoms with Crippen molar-refractivity contribution in [2.24, 2.45) is 4.99 Å². The number of aliphatic imine (C=N–C) groups is 1. The number of rotatable bonds is 7. The molecule has 1 unspecified atom stereocenters. The van der Waals surface area contributed by atoms with Crippen LogP contribution in [0.1, 0.15) is 37.4 Å². The number of hydrogen-bond acceptors (Lipinski definition) is 6. The Labute approximate surface area is 156 Å². The first-order chi connectivity index (χ1) is 12.4. The van der Waals surface area contributed by atoms with Gasteiger partial charge in [0.1, 0.15) is 17.1 Å². The van der Waals surface area contributed by atoms with Gasteiger partial charge in [-0.15, -0.1) is 0 Å². The van der Waals surface area contributed by atoms with Crippen LogP contribution in [0.5, 0.6) is 17.4 Å². The predicted molar refractivity (Wildman–Crippen MR) is 103 cm³/mol. The molecule has 7 nitrogen and oxygen atoms in total. The molecule has 2 N–H and O–H groups in total. The molecule has 26 heavy (non-hydrogen) atoms. The molecule has 0 radical (unpaired) electrons. The number of nitrogens with one attached hydrogen (secondary N) is 1. The smallest absolute Gasteiger partial charge is 0.264 e. The lowest BCUT2D eigenvalue weighted by atomic mass is 10.2. The molecule has 0 aliphatic rings. The highest BCUT2D eigenvalue weighted by Crippen LogP contribution is 2.23. The van der Waals surface area contributed by atoms with Gasteiger partial charge in [0.15, 0.2) is 4.77 Å². The standard InChI is InChI=1S/C18H23N3O4S/c1-5-11(2)21-17(23)15(16(22)20-18(21)26)10-19-9-12-6-13(24-3)8-14(7-12)25-4/h6-8,10-11,23H,5,9H2,1-4H3,(H,20,22,26). The Kier molecular flexibility index (Phi) is 6.57. The maximum Gasteiger partial charge on any atom is 0.264 e. The normalized spacial score (nSPS) is 12.3. The molecule has 0 fully saturated rings. The van der Waals surface area contributed by atoms with E-state index in [0.717, 1.165) is 12.0 Å². The van der Waals surface area contributed by atoms with E-state index < -0.39 is 5.56 Å². The average molecular weight is 377 g/mol. The largest absolute Gasteiger partial charge is 0.497 e. The molecular formula is C18H23N3O4S. The summed E-state index contributed by atoms with van der Waals surface area (Å²) in [6.45, 7) is 4.18. The fourth-order valence-corrected chi connectivity index (χ4v) is 2.82. The van der Waals surface area contributed by atoms with Crippen molar-refractivity contribution in [1.82, 2.24) is 9.55 Å². The van der Waals surface area contributed by atoms with Gasteiger partial charge in [-0.05, 0) is 43.3 Å². The van der Waals surface area contributed by atoms with Crippen LogP contribution in [0.3, 0.4) is 0 Å². The van der Waals surface area contributed by atoms with Gasteiger partial charge in [-0.1, -0.05) is 6.92 Å². The number of ether oxygens (including phenoxy) is 2. The van der Waals surface area contributed by atoms with Crippen LogP contribution < -0.4 is 15.0 Å². The first-order valence-electron chi connectivity index (χ1n) is 8.20. The Morgan fingerprint density at radius 1 is 1.31 bits per heavy atom. The third-order valence-corrected chi connectivity index (χ3v) is 4.39. The summed E-state index contributed by atoms with van der Waals surface area (Å²) in [7, 11) is 3.15. The van der Waals surface area contributed by atoms with Crippen molar-refractivity contribution in [2.75, 3.05) is 14.2 Å². The summed E-state index contributed by atoms with van der Waals surface area (Å²) in [4.78, 5) is 19.0. The lowest BCUT2D eigenvalue weighted by Gasteiger charge is -2.16. The summed E-state index contributed by atoms with van der Waals surface area (Å²) in [5.74, 6) is 1.13. The molecule has 1 aromatic heterocycles. The number of H-pyrrole nitrogens is 1. The molecule has 8 heteroatoms. The third kappa shape index (κ3) is 4.32. The Morgan fingerprint density at radius 3 is 2.46 bits per heavy atom. The Balaban J connectivity index is 2.34. The average Bonchev–Trinajstić information content (AvgIpc) is 2.63. The second-order valence-electron chi connectivity index (χ2n) is 5.81. The summed E-state index contributed by atoms with van der Waals surface area (Å²) in [5, 5.41) is 10.5. The Morgan fingerprint density at radius 2 is 1.92 bits per heavy atom. The van der Waals surface area contributed by atoms with Crippen molar-refractivity contribution in [3.63, 3.8) is 0 Å². The molecule has 0 amide bonds. The molecule has 0 bridgehead atoms. The van der Waals surface area contributed by atoms with E-state index in [9.17, 15) is 9.90 Å². The monoisotopic (exact) mass is 377 g/mol. The van der Waals surface area contributed by atoms with E-state index in [4.69, 9.17) is 21.7 Å².